The van der Waals surface area contributed by atoms with E-state index < -0.39 is 5.60 Å². The zero-order valence-corrected chi connectivity index (χ0v) is 14.8. The van der Waals surface area contributed by atoms with Gasteiger partial charge in [0.15, 0.2) is 0 Å². The van der Waals surface area contributed by atoms with Gasteiger partial charge in [-0.3, -0.25) is 11.3 Å². The van der Waals surface area contributed by atoms with Crippen molar-refractivity contribution in [2.45, 2.75) is 52.7 Å². The van der Waals surface area contributed by atoms with Gasteiger partial charge in [0.05, 0.1) is 6.04 Å². The SMILES string of the molecule is Cc1cc(C)cc(C(NN)C2CCN(C(=O)OC(C)(C)C)C2)c1. The van der Waals surface area contributed by atoms with Crippen LogP contribution in [-0.2, 0) is 4.74 Å². The Hall–Kier alpha value is -1.59. The van der Waals surface area contributed by atoms with Gasteiger partial charge < -0.3 is 9.64 Å². The normalized spacial score (nSPS) is 19.7. The highest BCUT2D eigenvalue weighted by Gasteiger charge is 2.34. The van der Waals surface area contributed by atoms with E-state index in [4.69, 9.17) is 10.6 Å². The fourth-order valence-electron chi connectivity index (χ4n) is 3.25. The van der Waals surface area contributed by atoms with E-state index in [1.807, 2.05) is 20.8 Å². The minimum absolute atomic E-state index is 0.0426. The first-order chi connectivity index (χ1) is 10.7. The zero-order chi connectivity index (χ0) is 17.2. The number of hydrogen-bond acceptors (Lipinski definition) is 4. The molecule has 5 heteroatoms. The maximum Gasteiger partial charge on any atom is 0.410 e. The van der Waals surface area contributed by atoms with Gasteiger partial charge in [-0.1, -0.05) is 29.3 Å². The summed E-state index contributed by atoms with van der Waals surface area (Å²) in [6.07, 6.45) is 0.678. The van der Waals surface area contributed by atoms with Crippen molar-refractivity contribution < 1.29 is 9.53 Å². The summed E-state index contributed by atoms with van der Waals surface area (Å²) >= 11 is 0. The Bertz CT molecular complexity index is 546. The van der Waals surface area contributed by atoms with Crippen molar-refractivity contribution in [2.75, 3.05) is 13.1 Å². The van der Waals surface area contributed by atoms with Crippen LogP contribution >= 0.6 is 0 Å². The number of carbonyl (C=O) groups excluding carboxylic acids is 1. The largest absolute Gasteiger partial charge is 0.444 e. The van der Waals surface area contributed by atoms with Gasteiger partial charge in [-0.05, 0) is 52.5 Å². The molecule has 0 saturated carbocycles. The molecule has 1 aromatic rings. The Morgan fingerprint density at radius 3 is 2.43 bits per heavy atom. The lowest BCUT2D eigenvalue weighted by molar-refractivity contribution is 0.0285. The monoisotopic (exact) mass is 319 g/mol. The number of nitrogens with one attached hydrogen (secondary N) is 1. The second-order valence-corrected chi connectivity index (χ2v) is 7.54. The van der Waals surface area contributed by atoms with Gasteiger partial charge in [0.2, 0.25) is 0 Å². The third kappa shape index (κ3) is 4.69. The van der Waals surface area contributed by atoms with Crippen LogP contribution in [-0.4, -0.2) is 29.7 Å². The van der Waals surface area contributed by atoms with Gasteiger partial charge in [0, 0.05) is 13.1 Å². The lowest BCUT2D eigenvalue weighted by atomic mass is 9.91. The zero-order valence-electron chi connectivity index (χ0n) is 14.8. The standard InChI is InChI=1S/C18H29N3O2/c1-12-8-13(2)10-15(9-12)16(20-19)14-6-7-21(11-14)17(22)23-18(3,4)5/h8-10,14,16,20H,6-7,11,19H2,1-5H3. The Labute approximate surface area is 139 Å². The Morgan fingerprint density at radius 2 is 1.91 bits per heavy atom. The van der Waals surface area contributed by atoms with Gasteiger partial charge in [-0.25, -0.2) is 4.79 Å². The fraction of sp³-hybridized carbons (Fsp3) is 0.611. The second-order valence-electron chi connectivity index (χ2n) is 7.54. The number of nitrogens with two attached hydrogens (primary N) is 1. The lowest BCUT2D eigenvalue weighted by Gasteiger charge is -2.26. The summed E-state index contributed by atoms with van der Waals surface area (Å²) in [5.41, 5.74) is 6.11. The van der Waals surface area contributed by atoms with E-state index in [1.165, 1.54) is 16.7 Å². The number of likely N-dealkylation sites (tertiary alicyclic amines) is 1. The molecule has 5 nitrogen and oxygen atoms in total. The number of aryl methyl sites for hydroxylation is 2. The maximum absolute atomic E-state index is 12.2. The van der Waals surface area contributed by atoms with Gasteiger partial charge in [0.1, 0.15) is 5.60 Å². The first-order valence-corrected chi connectivity index (χ1v) is 8.22. The van der Waals surface area contributed by atoms with Crippen LogP contribution < -0.4 is 11.3 Å². The maximum atomic E-state index is 12.2. The number of ether oxygens (including phenoxy) is 1. The van der Waals surface area contributed by atoms with Gasteiger partial charge in [-0.15, -0.1) is 0 Å². The van der Waals surface area contributed by atoms with E-state index in [0.29, 0.717) is 13.1 Å². The van der Waals surface area contributed by atoms with E-state index >= 15 is 0 Å². The molecule has 2 atom stereocenters. The molecule has 23 heavy (non-hydrogen) atoms. The molecule has 1 heterocycles. The van der Waals surface area contributed by atoms with E-state index in [-0.39, 0.29) is 18.1 Å². The summed E-state index contributed by atoms with van der Waals surface area (Å²) < 4.78 is 5.46. The number of carbonyl (C=O) groups is 1. The molecule has 2 rings (SSSR count). The molecule has 1 aromatic carbocycles. The van der Waals surface area contributed by atoms with Crippen LogP contribution in [0.3, 0.4) is 0 Å². The minimum Gasteiger partial charge on any atom is -0.444 e. The molecule has 0 aliphatic carbocycles. The van der Waals surface area contributed by atoms with Crippen molar-refractivity contribution in [3.05, 3.63) is 34.9 Å². The molecule has 1 amide bonds. The molecule has 0 bridgehead atoms. The summed E-state index contributed by atoms with van der Waals surface area (Å²) in [6, 6.07) is 6.51. The van der Waals surface area contributed by atoms with Crippen molar-refractivity contribution in [1.29, 1.82) is 0 Å². The first kappa shape index (κ1) is 17.8. The smallest absolute Gasteiger partial charge is 0.410 e. The molecule has 1 fully saturated rings. The average Bonchev–Trinajstić information content (AvgIpc) is 2.86. The predicted octanol–water partition coefficient (Wildman–Crippen LogP) is 3.06. The van der Waals surface area contributed by atoms with Crippen molar-refractivity contribution in [2.24, 2.45) is 11.8 Å². The molecule has 1 saturated heterocycles. The van der Waals surface area contributed by atoms with Crippen molar-refractivity contribution in [3.8, 4) is 0 Å². The Balaban J connectivity index is 2.08. The van der Waals surface area contributed by atoms with E-state index in [1.54, 1.807) is 4.90 Å². The topological polar surface area (TPSA) is 67.6 Å². The summed E-state index contributed by atoms with van der Waals surface area (Å²) in [6.45, 7) is 11.2. The third-order valence-corrected chi connectivity index (χ3v) is 4.13. The summed E-state index contributed by atoms with van der Waals surface area (Å²) in [5, 5.41) is 0. The predicted molar refractivity (Wildman–Crippen MR) is 91.9 cm³/mol. The van der Waals surface area contributed by atoms with Crippen LogP contribution in [0.4, 0.5) is 4.79 Å². The number of hydrogen-bond donors (Lipinski definition) is 2. The highest BCUT2D eigenvalue weighted by atomic mass is 16.6. The molecule has 0 aromatic heterocycles. The number of hydrazine groups is 1. The molecule has 1 aliphatic rings. The first-order valence-electron chi connectivity index (χ1n) is 8.22. The van der Waals surface area contributed by atoms with Crippen LogP contribution in [0.25, 0.3) is 0 Å². The Morgan fingerprint density at radius 1 is 1.30 bits per heavy atom. The summed E-state index contributed by atoms with van der Waals surface area (Å²) in [7, 11) is 0. The molecular formula is C18H29N3O2. The van der Waals surface area contributed by atoms with Gasteiger partial charge >= 0.3 is 6.09 Å². The van der Waals surface area contributed by atoms with Crippen LogP contribution in [0.1, 0.15) is 49.9 Å². The highest BCUT2D eigenvalue weighted by molar-refractivity contribution is 5.68. The lowest BCUT2D eigenvalue weighted by Crippen LogP contribution is -2.38. The van der Waals surface area contributed by atoms with Crippen molar-refractivity contribution in [3.63, 3.8) is 0 Å². The van der Waals surface area contributed by atoms with E-state index in [2.05, 4.69) is 37.5 Å². The fourth-order valence-corrected chi connectivity index (χ4v) is 3.25. The van der Waals surface area contributed by atoms with E-state index in [0.717, 1.165) is 6.42 Å². The number of rotatable bonds is 3. The van der Waals surface area contributed by atoms with Crippen LogP contribution in [0, 0.1) is 19.8 Å². The van der Waals surface area contributed by atoms with Crippen LogP contribution in [0.15, 0.2) is 18.2 Å². The molecule has 3 N–H and O–H groups in total. The van der Waals surface area contributed by atoms with Gasteiger partial charge in [0.25, 0.3) is 0 Å². The second kappa shape index (κ2) is 6.89. The van der Waals surface area contributed by atoms with Crippen molar-refractivity contribution >= 4 is 6.09 Å². The molecule has 1 aliphatic heterocycles. The summed E-state index contributed by atoms with van der Waals surface area (Å²) in [4.78, 5) is 14.0. The van der Waals surface area contributed by atoms with E-state index in [9.17, 15) is 4.79 Å². The number of benzene rings is 1. The number of nitrogens with zero attached hydrogens (tertiary/aromatic N) is 1. The molecule has 128 valence electrons. The molecule has 0 spiro atoms. The number of amides is 1. The third-order valence-electron chi connectivity index (χ3n) is 4.13. The van der Waals surface area contributed by atoms with Crippen molar-refractivity contribution in [1.82, 2.24) is 10.3 Å². The molecule has 0 radical (unpaired) electrons. The Kier molecular flexibility index (Phi) is 5.32. The van der Waals surface area contributed by atoms with Crippen LogP contribution in [0.2, 0.25) is 0 Å². The highest BCUT2D eigenvalue weighted by Crippen LogP contribution is 2.31. The summed E-state index contributed by atoms with van der Waals surface area (Å²) in [5.74, 6) is 6.11. The molecular weight excluding hydrogens is 290 g/mol. The minimum atomic E-state index is -0.464. The average molecular weight is 319 g/mol. The molecule has 2 unspecified atom stereocenters. The quantitative estimate of drug-likeness (QED) is 0.664. The van der Waals surface area contributed by atoms with Crippen LogP contribution in [0.5, 0.6) is 0 Å². The van der Waals surface area contributed by atoms with Gasteiger partial charge in [-0.2, -0.15) is 0 Å².